The first-order valence-electron chi connectivity index (χ1n) is 11.0. The van der Waals surface area contributed by atoms with Crippen LogP contribution in [0.3, 0.4) is 0 Å². The lowest BCUT2D eigenvalue weighted by Crippen LogP contribution is -2.43. The molecule has 8 heteroatoms. The van der Waals surface area contributed by atoms with E-state index in [4.69, 9.17) is 4.74 Å². The largest absolute Gasteiger partial charge is 0.504 e. The number of para-hydroxylation sites is 1. The fraction of sp³-hybridized carbons (Fsp3) is 0.500. The van der Waals surface area contributed by atoms with Crippen molar-refractivity contribution < 1.29 is 29.0 Å². The zero-order valence-corrected chi connectivity index (χ0v) is 18.3. The second kappa shape index (κ2) is 7.18. The van der Waals surface area contributed by atoms with E-state index in [0.29, 0.717) is 30.8 Å². The fourth-order valence-electron chi connectivity index (χ4n) is 6.31. The zero-order chi connectivity index (χ0) is 22.9. The Balaban J connectivity index is 1.68. The summed E-state index contributed by atoms with van der Waals surface area (Å²) in [5.41, 5.74) is 1.38. The Hall–Kier alpha value is -3.16. The molecular formula is C24H26N2O6. The molecule has 2 aliphatic heterocycles. The van der Waals surface area contributed by atoms with Crippen LogP contribution < -0.4 is 4.74 Å². The molecule has 6 unspecified atom stereocenters. The van der Waals surface area contributed by atoms with E-state index in [1.54, 1.807) is 18.2 Å². The van der Waals surface area contributed by atoms with Crippen LogP contribution >= 0.6 is 0 Å². The minimum absolute atomic E-state index is 0.0532. The number of phenolic OH excluding ortho intramolecular Hbond substituents is 1. The molecule has 4 aliphatic rings. The summed E-state index contributed by atoms with van der Waals surface area (Å²) in [5.74, 6) is -3.83. The highest BCUT2D eigenvalue weighted by molar-refractivity contribution is 6.07. The van der Waals surface area contributed by atoms with E-state index in [0.717, 1.165) is 10.5 Å². The standard InChI is InChI=1S/C24H26N2O6/c1-4-32-16-7-5-6-12(20(16)27)17-11-8-9-13-18(23(30)25(2)21(13)28)14(11)10-15-19(17)24(31)26(3)22(15)29/h5-8,13-15,17-19,27H,4,9-10H2,1-3H3. The van der Waals surface area contributed by atoms with Crippen molar-refractivity contribution in [1.29, 1.82) is 0 Å². The number of rotatable bonds is 3. The quantitative estimate of drug-likeness (QED) is 0.569. The molecule has 0 aromatic heterocycles. The number of likely N-dealkylation sites (tertiary alicyclic amines) is 2. The number of aromatic hydroxyl groups is 1. The Bertz CT molecular complexity index is 1080. The molecule has 168 valence electrons. The maximum Gasteiger partial charge on any atom is 0.233 e. The van der Waals surface area contributed by atoms with Crippen molar-refractivity contribution in [3.05, 3.63) is 35.4 Å². The first kappa shape index (κ1) is 20.7. The summed E-state index contributed by atoms with van der Waals surface area (Å²) in [6.45, 7) is 2.18. The molecule has 8 nitrogen and oxygen atoms in total. The second-order valence-electron chi connectivity index (χ2n) is 9.12. The normalized spacial score (nSPS) is 33.8. The molecule has 1 saturated carbocycles. The van der Waals surface area contributed by atoms with Gasteiger partial charge in [-0.1, -0.05) is 23.8 Å². The Kier molecular flexibility index (Phi) is 4.65. The summed E-state index contributed by atoms with van der Waals surface area (Å²) in [7, 11) is 2.98. The predicted octanol–water partition coefficient (Wildman–Crippen LogP) is 1.69. The first-order valence-corrected chi connectivity index (χ1v) is 11.0. The number of hydrogen-bond acceptors (Lipinski definition) is 6. The van der Waals surface area contributed by atoms with Crippen molar-refractivity contribution in [2.75, 3.05) is 20.7 Å². The van der Waals surface area contributed by atoms with Crippen molar-refractivity contribution in [2.24, 2.45) is 29.6 Å². The molecule has 1 N–H and O–H groups in total. The highest BCUT2D eigenvalue weighted by Gasteiger charge is 2.61. The average molecular weight is 438 g/mol. The lowest BCUT2D eigenvalue weighted by Gasteiger charge is -2.44. The van der Waals surface area contributed by atoms with Crippen LogP contribution in [0.5, 0.6) is 11.5 Å². The van der Waals surface area contributed by atoms with E-state index >= 15 is 0 Å². The lowest BCUT2D eigenvalue weighted by atomic mass is 9.57. The molecule has 2 aliphatic carbocycles. The van der Waals surface area contributed by atoms with E-state index in [1.807, 2.05) is 13.0 Å². The van der Waals surface area contributed by atoms with Gasteiger partial charge in [0, 0.05) is 25.6 Å². The van der Waals surface area contributed by atoms with Crippen molar-refractivity contribution in [3.8, 4) is 11.5 Å². The minimum atomic E-state index is -0.653. The maximum atomic E-state index is 13.2. The van der Waals surface area contributed by atoms with E-state index in [9.17, 15) is 24.3 Å². The number of ether oxygens (including phenoxy) is 1. The summed E-state index contributed by atoms with van der Waals surface area (Å²) in [6.07, 6.45) is 2.71. The predicted molar refractivity (Wildman–Crippen MR) is 112 cm³/mol. The van der Waals surface area contributed by atoms with Gasteiger partial charge in [0.15, 0.2) is 11.5 Å². The van der Waals surface area contributed by atoms with Gasteiger partial charge in [0.1, 0.15) is 0 Å². The summed E-state index contributed by atoms with van der Waals surface area (Å²) in [6, 6.07) is 5.17. The third-order valence-electron chi connectivity index (χ3n) is 7.75. The lowest BCUT2D eigenvalue weighted by molar-refractivity contribution is -0.140. The third-order valence-corrected chi connectivity index (χ3v) is 7.75. The van der Waals surface area contributed by atoms with Crippen LogP contribution in [0.4, 0.5) is 0 Å². The van der Waals surface area contributed by atoms with Gasteiger partial charge in [-0.05, 0) is 31.7 Å². The topological polar surface area (TPSA) is 104 Å². The molecule has 3 fully saturated rings. The molecule has 6 atom stereocenters. The number of carbonyl (C=O) groups is 4. The number of nitrogens with zero attached hydrogens (tertiary/aromatic N) is 2. The van der Waals surface area contributed by atoms with E-state index < -0.39 is 29.6 Å². The van der Waals surface area contributed by atoms with Gasteiger partial charge < -0.3 is 9.84 Å². The van der Waals surface area contributed by atoms with Gasteiger partial charge in [0.05, 0.1) is 30.3 Å². The summed E-state index contributed by atoms with van der Waals surface area (Å²) in [4.78, 5) is 54.1. The number of allylic oxidation sites excluding steroid dienone is 2. The van der Waals surface area contributed by atoms with Crippen LogP contribution in [0.2, 0.25) is 0 Å². The van der Waals surface area contributed by atoms with E-state index in [2.05, 4.69) is 0 Å². The average Bonchev–Trinajstić information content (AvgIpc) is 3.14. The third kappa shape index (κ3) is 2.61. The van der Waals surface area contributed by atoms with Gasteiger partial charge >= 0.3 is 0 Å². The number of phenols is 1. The molecule has 1 aromatic carbocycles. The van der Waals surface area contributed by atoms with E-state index in [-0.39, 0.29) is 35.3 Å². The molecule has 1 aromatic rings. The molecule has 0 radical (unpaired) electrons. The molecule has 0 bridgehead atoms. The number of fused-ring (bicyclic) bond motifs is 4. The van der Waals surface area contributed by atoms with E-state index in [1.165, 1.54) is 19.0 Å². The van der Waals surface area contributed by atoms with Crippen LogP contribution in [-0.4, -0.2) is 59.2 Å². The summed E-state index contributed by atoms with van der Waals surface area (Å²) >= 11 is 0. The highest BCUT2D eigenvalue weighted by Crippen LogP contribution is 2.59. The molecule has 0 spiro atoms. The van der Waals surface area contributed by atoms with Gasteiger partial charge in [0.25, 0.3) is 0 Å². The molecule has 2 saturated heterocycles. The van der Waals surface area contributed by atoms with Crippen molar-refractivity contribution in [2.45, 2.75) is 25.7 Å². The van der Waals surface area contributed by atoms with Crippen LogP contribution in [0.25, 0.3) is 0 Å². The SMILES string of the molecule is CCOc1cccc(C2C3=CCC4C(=O)N(C)C(=O)C4C3CC3C(=O)N(C)C(=O)C32)c1O. The smallest absolute Gasteiger partial charge is 0.233 e. The number of imide groups is 2. The Labute approximate surface area is 185 Å². The fourth-order valence-corrected chi connectivity index (χ4v) is 6.31. The van der Waals surface area contributed by atoms with Crippen molar-refractivity contribution in [1.82, 2.24) is 9.80 Å². The zero-order valence-electron chi connectivity index (χ0n) is 18.3. The summed E-state index contributed by atoms with van der Waals surface area (Å²) < 4.78 is 5.56. The Morgan fingerprint density at radius 2 is 1.59 bits per heavy atom. The summed E-state index contributed by atoms with van der Waals surface area (Å²) in [5, 5.41) is 11.0. The van der Waals surface area contributed by atoms with Crippen LogP contribution in [-0.2, 0) is 19.2 Å². The molecular weight excluding hydrogens is 412 g/mol. The molecule has 32 heavy (non-hydrogen) atoms. The Morgan fingerprint density at radius 3 is 2.28 bits per heavy atom. The molecule has 2 heterocycles. The minimum Gasteiger partial charge on any atom is -0.504 e. The monoisotopic (exact) mass is 438 g/mol. The van der Waals surface area contributed by atoms with Crippen molar-refractivity contribution in [3.63, 3.8) is 0 Å². The van der Waals surface area contributed by atoms with Gasteiger partial charge in [0.2, 0.25) is 23.6 Å². The van der Waals surface area contributed by atoms with Gasteiger partial charge in [-0.25, -0.2) is 0 Å². The van der Waals surface area contributed by atoms with Gasteiger partial charge in [-0.2, -0.15) is 0 Å². The second-order valence-corrected chi connectivity index (χ2v) is 9.12. The van der Waals surface area contributed by atoms with Crippen molar-refractivity contribution >= 4 is 23.6 Å². The molecule has 4 amide bonds. The van der Waals surface area contributed by atoms with Gasteiger partial charge in [-0.3, -0.25) is 29.0 Å². The number of benzene rings is 1. The number of carbonyl (C=O) groups excluding carboxylic acids is 4. The van der Waals surface area contributed by atoms with Crippen LogP contribution in [0.15, 0.2) is 29.8 Å². The van der Waals surface area contributed by atoms with Crippen LogP contribution in [0, 0.1) is 29.6 Å². The highest BCUT2D eigenvalue weighted by atomic mass is 16.5. The number of amides is 4. The maximum absolute atomic E-state index is 13.2. The molecule has 5 rings (SSSR count). The van der Waals surface area contributed by atoms with Gasteiger partial charge in [-0.15, -0.1) is 0 Å². The first-order chi connectivity index (χ1) is 15.3. The Morgan fingerprint density at radius 1 is 0.938 bits per heavy atom. The number of hydrogen-bond donors (Lipinski definition) is 1. The van der Waals surface area contributed by atoms with Crippen LogP contribution in [0.1, 0.15) is 31.2 Å².